The molecule has 1 aromatic carbocycles. The summed E-state index contributed by atoms with van der Waals surface area (Å²) in [6.07, 6.45) is 6.07. The van der Waals surface area contributed by atoms with Crippen LogP contribution in [0.1, 0.15) is 37.3 Å². The van der Waals surface area contributed by atoms with Gasteiger partial charge in [0, 0.05) is 26.3 Å². The van der Waals surface area contributed by atoms with Crippen LogP contribution in [-0.4, -0.2) is 27.6 Å². The molecule has 0 spiro atoms. The Morgan fingerprint density at radius 1 is 1.16 bits per heavy atom. The van der Waals surface area contributed by atoms with Gasteiger partial charge in [-0.3, -0.25) is 4.98 Å². The van der Waals surface area contributed by atoms with Crippen LogP contribution in [0.2, 0.25) is 0 Å². The lowest BCUT2D eigenvalue weighted by Gasteiger charge is -2.18. The number of hydrogen-bond acceptors (Lipinski definition) is 3. The largest absolute Gasteiger partial charge is 0.342 e. The van der Waals surface area contributed by atoms with Gasteiger partial charge < -0.3 is 9.47 Å². The number of anilines is 1. The molecule has 0 amide bonds. The molecule has 0 N–H and O–H groups in total. The maximum Gasteiger partial charge on any atom is 0.206 e. The van der Waals surface area contributed by atoms with Gasteiger partial charge in [-0.15, -0.1) is 0 Å². The van der Waals surface area contributed by atoms with Crippen LogP contribution in [-0.2, 0) is 13.5 Å². The van der Waals surface area contributed by atoms with E-state index >= 15 is 0 Å². The Morgan fingerprint density at radius 3 is 2.68 bits per heavy atom. The first-order chi connectivity index (χ1) is 12.1. The molecule has 1 atom stereocenters. The van der Waals surface area contributed by atoms with Gasteiger partial charge in [0.05, 0.1) is 11.7 Å². The summed E-state index contributed by atoms with van der Waals surface area (Å²) in [5.41, 5.74) is 5.00. The van der Waals surface area contributed by atoms with E-state index in [1.807, 2.05) is 18.5 Å². The molecule has 4 rings (SSSR count). The fourth-order valence-corrected chi connectivity index (χ4v) is 3.87. The summed E-state index contributed by atoms with van der Waals surface area (Å²) in [4.78, 5) is 11.4. The number of pyridine rings is 1. The molecule has 4 heteroatoms. The standard InChI is InChI=1S/C21H26N4/c1-15(2)18-6-4-16(5-7-18)12-17-9-11-25(14-17)21-23-19-13-22-10-8-20(19)24(21)3/h4-8,10,13,15,17H,9,11-12,14H2,1-3H3. The molecule has 1 fully saturated rings. The van der Waals surface area contributed by atoms with Gasteiger partial charge in [0.25, 0.3) is 0 Å². The predicted molar refractivity (Wildman–Crippen MR) is 103 cm³/mol. The zero-order valence-corrected chi connectivity index (χ0v) is 15.3. The maximum absolute atomic E-state index is 4.79. The van der Waals surface area contributed by atoms with Gasteiger partial charge >= 0.3 is 0 Å². The molecule has 2 aromatic heterocycles. The van der Waals surface area contributed by atoms with Crippen LogP contribution in [0.25, 0.3) is 11.0 Å². The summed E-state index contributed by atoms with van der Waals surface area (Å²) in [5.74, 6) is 2.37. The summed E-state index contributed by atoms with van der Waals surface area (Å²) >= 11 is 0. The molecule has 1 aliphatic rings. The second-order valence-electron chi connectivity index (χ2n) is 7.54. The van der Waals surface area contributed by atoms with E-state index in [4.69, 9.17) is 4.98 Å². The van der Waals surface area contributed by atoms with Crippen molar-refractivity contribution >= 4 is 17.0 Å². The van der Waals surface area contributed by atoms with Crippen molar-refractivity contribution in [2.75, 3.05) is 18.0 Å². The van der Waals surface area contributed by atoms with Crippen LogP contribution in [0.4, 0.5) is 5.95 Å². The number of fused-ring (bicyclic) bond motifs is 1. The molecule has 0 aliphatic carbocycles. The van der Waals surface area contributed by atoms with Crippen molar-refractivity contribution in [1.82, 2.24) is 14.5 Å². The molecule has 130 valence electrons. The number of aryl methyl sites for hydroxylation is 1. The monoisotopic (exact) mass is 334 g/mol. The first-order valence-corrected chi connectivity index (χ1v) is 9.22. The van der Waals surface area contributed by atoms with Gasteiger partial charge in [-0.1, -0.05) is 38.1 Å². The van der Waals surface area contributed by atoms with Crippen molar-refractivity contribution in [3.8, 4) is 0 Å². The van der Waals surface area contributed by atoms with Crippen LogP contribution in [0.3, 0.4) is 0 Å². The van der Waals surface area contributed by atoms with E-state index in [-0.39, 0.29) is 0 Å². The zero-order valence-electron chi connectivity index (χ0n) is 15.3. The van der Waals surface area contributed by atoms with E-state index in [0.29, 0.717) is 11.8 Å². The summed E-state index contributed by atoms with van der Waals surface area (Å²) < 4.78 is 2.19. The van der Waals surface area contributed by atoms with Crippen LogP contribution in [0.5, 0.6) is 0 Å². The minimum Gasteiger partial charge on any atom is -0.342 e. The van der Waals surface area contributed by atoms with Crippen LogP contribution in [0, 0.1) is 5.92 Å². The number of hydrogen-bond donors (Lipinski definition) is 0. The first-order valence-electron chi connectivity index (χ1n) is 9.22. The Kier molecular flexibility index (Phi) is 4.20. The average molecular weight is 334 g/mol. The summed E-state index contributed by atoms with van der Waals surface area (Å²) in [7, 11) is 2.10. The third-order valence-corrected chi connectivity index (χ3v) is 5.40. The molecule has 0 radical (unpaired) electrons. The molecule has 25 heavy (non-hydrogen) atoms. The molecule has 3 aromatic rings. The molecule has 1 saturated heterocycles. The summed E-state index contributed by atoms with van der Waals surface area (Å²) in [5, 5.41) is 0. The molecule has 1 unspecified atom stereocenters. The van der Waals surface area contributed by atoms with Crippen LogP contribution in [0.15, 0.2) is 42.7 Å². The topological polar surface area (TPSA) is 34.0 Å². The minimum absolute atomic E-state index is 0.600. The molecule has 3 heterocycles. The highest BCUT2D eigenvalue weighted by molar-refractivity contribution is 5.77. The third kappa shape index (κ3) is 3.13. The van der Waals surface area contributed by atoms with E-state index in [1.165, 1.54) is 17.5 Å². The molecular formula is C21H26N4. The van der Waals surface area contributed by atoms with E-state index in [9.17, 15) is 0 Å². The van der Waals surface area contributed by atoms with Gasteiger partial charge in [-0.05, 0) is 41.9 Å². The Balaban J connectivity index is 1.46. The van der Waals surface area contributed by atoms with Crippen LogP contribution < -0.4 is 4.90 Å². The summed E-state index contributed by atoms with van der Waals surface area (Å²) in [6.45, 7) is 6.66. The molecule has 0 saturated carbocycles. The second kappa shape index (κ2) is 6.51. The maximum atomic E-state index is 4.79. The van der Waals surface area contributed by atoms with Crippen molar-refractivity contribution in [3.63, 3.8) is 0 Å². The normalized spacial score (nSPS) is 17.8. The molecule has 1 aliphatic heterocycles. The lowest BCUT2D eigenvalue weighted by Crippen LogP contribution is -2.23. The highest BCUT2D eigenvalue weighted by atomic mass is 15.3. The lowest BCUT2D eigenvalue weighted by molar-refractivity contribution is 0.585. The Hall–Kier alpha value is -2.36. The highest BCUT2D eigenvalue weighted by Gasteiger charge is 2.26. The average Bonchev–Trinajstić information content (AvgIpc) is 3.20. The SMILES string of the molecule is CC(C)c1ccc(CC2CCN(c3nc4cnccc4n3C)C2)cc1. The first kappa shape index (κ1) is 16.1. The fraction of sp³-hybridized carbons (Fsp3) is 0.429. The minimum atomic E-state index is 0.600. The number of aromatic nitrogens is 3. The van der Waals surface area contributed by atoms with E-state index in [0.717, 1.165) is 36.5 Å². The number of benzene rings is 1. The third-order valence-electron chi connectivity index (χ3n) is 5.40. The lowest BCUT2D eigenvalue weighted by atomic mass is 9.96. The zero-order chi connectivity index (χ0) is 17.4. The van der Waals surface area contributed by atoms with Crippen molar-refractivity contribution in [1.29, 1.82) is 0 Å². The van der Waals surface area contributed by atoms with Gasteiger partial charge in [-0.25, -0.2) is 4.98 Å². The number of imidazole rings is 1. The van der Waals surface area contributed by atoms with Crippen LogP contribution >= 0.6 is 0 Å². The Bertz CT molecular complexity index is 863. The molecular weight excluding hydrogens is 308 g/mol. The van der Waals surface area contributed by atoms with Gasteiger partial charge in [0.2, 0.25) is 5.95 Å². The van der Waals surface area contributed by atoms with Crippen molar-refractivity contribution < 1.29 is 0 Å². The molecule has 0 bridgehead atoms. The highest BCUT2D eigenvalue weighted by Crippen LogP contribution is 2.28. The van der Waals surface area contributed by atoms with Crippen molar-refractivity contribution in [2.45, 2.75) is 32.6 Å². The Morgan fingerprint density at radius 2 is 1.96 bits per heavy atom. The number of nitrogens with zero attached hydrogens (tertiary/aromatic N) is 4. The van der Waals surface area contributed by atoms with Crippen molar-refractivity contribution in [2.24, 2.45) is 13.0 Å². The molecule has 4 nitrogen and oxygen atoms in total. The smallest absolute Gasteiger partial charge is 0.206 e. The van der Waals surface area contributed by atoms with Gasteiger partial charge in [0.15, 0.2) is 0 Å². The predicted octanol–water partition coefficient (Wildman–Crippen LogP) is 4.16. The Labute approximate surface area is 149 Å². The van der Waals surface area contributed by atoms with Gasteiger partial charge in [-0.2, -0.15) is 0 Å². The van der Waals surface area contributed by atoms with E-state index in [1.54, 1.807) is 0 Å². The quantitative estimate of drug-likeness (QED) is 0.718. The van der Waals surface area contributed by atoms with Gasteiger partial charge in [0.1, 0.15) is 5.52 Å². The van der Waals surface area contributed by atoms with Crippen molar-refractivity contribution in [3.05, 3.63) is 53.9 Å². The number of rotatable bonds is 4. The summed E-state index contributed by atoms with van der Waals surface area (Å²) in [6, 6.07) is 11.2. The second-order valence-corrected chi connectivity index (χ2v) is 7.54. The van der Waals surface area contributed by atoms with E-state index < -0.39 is 0 Å². The van der Waals surface area contributed by atoms with E-state index in [2.05, 4.69) is 59.6 Å². The fourth-order valence-electron chi connectivity index (χ4n) is 3.87.